The lowest BCUT2D eigenvalue weighted by Gasteiger charge is -1.86. The minimum Gasteiger partial charge on any atom is -0.325 e. The van der Waals surface area contributed by atoms with Crippen molar-refractivity contribution in [2.24, 2.45) is 5.73 Å². The van der Waals surface area contributed by atoms with Crippen molar-refractivity contribution in [3.8, 4) is 0 Å². The second kappa shape index (κ2) is 4.03. The first kappa shape index (κ1) is 10.0. The summed E-state index contributed by atoms with van der Waals surface area (Å²) in [6.45, 7) is 0.332. The molecule has 6 heteroatoms. The highest BCUT2D eigenvalue weighted by Crippen LogP contribution is 2.21. The maximum Gasteiger partial charge on any atom is 0.169 e. The zero-order valence-electron chi connectivity index (χ0n) is 4.90. The number of hydrogen-bond acceptors (Lipinski definition) is 2. The molecule has 0 fully saturated rings. The summed E-state index contributed by atoms with van der Waals surface area (Å²) < 4.78 is 0. The van der Waals surface area contributed by atoms with Crippen molar-refractivity contribution in [1.29, 1.82) is 0 Å². The molecule has 0 atom stereocenters. The molecule has 0 saturated carbocycles. The van der Waals surface area contributed by atoms with Crippen LogP contribution in [0.2, 0.25) is 10.2 Å². The van der Waals surface area contributed by atoms with E-state index in [9.17, 15) is 0 Å². The molecule has 0 unspecified atom stereocenters. The molecule has 0 radical (unpaired) electrons. The normalized spacial score (nSPS) is 9.10. The van der Waals surface area contributed by atoms with E-state index in [1.54, 1.807) is 0 Å². The standard InChI is InChI=1S/C4H5Cl2N3.ClH/c5-3-2(1-7)8-9-4(3)6;/h1,7H2,(H,8,9);1H. The van der Waals surface area contributed by atoms with Crippen molar-refractivity contribution in [2.45, 2.75) is 6.54 Å². The molecule has 0 aliphatic rings. The highest BCUT2D eigenvalue weighted by atomic mass is 35.5. The number of hydrogen-bond donors (Lipinski definition) is 2. The SMILES string of the molecule is Cl.NCc1[nH]nc(Cl)c1Cl. The van der Waals surface area contributed by atoms with E-state index in [-0.39, 0.29) is 17.6 Å². The first-order valence-corrected chi connectivity index (χ1v) is 3.09. The van der Waals surface area contributed by atoms with Gasteiger partial charge in [0, 0.05) is 6.54 Å². The van der Waals surface area contributed by atoms with Gasteiger partial charge in [-0.25, -0.2) is 0 Å². The predicted octanol–water partition coefficient (Wildman–Crippen LogP) is 1.60. The Morgan fingerprint density at radius 2 is 2.10 bits per heavy atom. The van der Waals surface area contributed by atoms with Crippen LogP contribution < -0.4 is 5.73 Å². The van der Waals surface area contributed by atoms with Crippen molar-refractivity contribution >= 4 is 35.6 Å². The topological polar surface area (TPSA) is 54.7 Å². The van der Waals surface area contributed by atoms with E-state index in [1.807, 2.05) is 0 Å². The summed E-state index contributed by atoms with van der Waals surface area (Å²) in [5, 5.41) is 6.89. The van der Waals surface area contributed by atoms with Crippen LogP contribution in [-0.2, 0) is 6.54 Å². The first-order valence-electron chi connectivity index (χ1n) is 2.34. The minimum atomic E-state index is 0. The molecule has 0 aliphatic heterocycles. The number of H-pyrrole nitrogens is 1. The lowest BCUT2D eigenvalue weighted by atomic mass is 10.4. The third-order valence-electron chi connectivity index (χ3n) is 0.939. The Morgan fingerprint density at radius 3 is 2.30 bits per heavy atom. The van der Waals surface area contributed by atoms with Crippen molar-refractivity contribution in [2.75, 3.05) is 0 Å². The average Bonchev–Trinajstić information content (AvgIpc) is 2.15. The Balaban J connectivity index is 0.000000810. The van der Waals surface area contributed by atoms with Gasteiger partial charge in [0.2, 0.25) is 0 Å². The van der Waals surface area contributed by atoms with Crippen molar-refractivity contribution in [1.82, 2.24) is 10.2 Å². The summed E-state index contributed by atoms with van der Waals surface area (Å²) in [5.41, 5.74) is 5.92. The summed E-state index contributed by atoms with van der Waals surface area (Å²) in [5.74, 6) is 0. The number of rotatable bonds is 1. The molecule has 0 spiro atoms. The number of halogens is 3. The second-order valence-corrected chi connectivity index (χ2v) is 2.25. The molecule has 1 heterocycles. The summed E-state index contributed by atoms with van der Waals surface area (Å²) in [4.78, 5) is 0. The number of nitrogens with one attached hydrogen (secondary N) is 1. The molecule has 1 rings (SSSR count). The number of aromatic nitrogens is 2. The molecule has 1 aromatic heterocycles. The van der Waals surface area contributed by atoms with Gasteiger partial charge in [0.1, 0.15) is 5.02 Å². The number of aromatic amines is 1. The molecule has 10 heavy (non-hydrogen) atoms. The smallest absolute Gasteiger partial charge is 0.169 e. The quantitative estimate of drug-likeness (QED) is 0.727. The average molecular weight is 202 g/mol. The Kier molecular flexibility index (Phi) is 4.05. The molecule has 58 valence electrons. The molecule has 0 aromatic carbocycles. The van der Waals surface area contributed by atoms with Crippen molar-refractivity contribution in [3.05, 3.63) is 15.9 Å². The molecule has 0 saturated heterocycles. The van der Waals surface area contributed by atoms with Crippen molar-refractivity contribution in [3.63, 3.8) is 0 Å². The fourth-order valence-electron chi connectivity index (χ4n) is 0.474. The van der Waals surface area contributed by atoms with E-state index in [1.165, 1.54) is 0 Å². The molecular formula is C4H6Cl3N3. The molecule has 3 N–H and O–H groups in total. The number of nitrogens with two attached hydrogens (primary N) is 1. The van der Waals surface area contributed by atoms with Gasteiger partial charge in [-0.3, -0.25) is 5.10 Å². The lowest BCUT2D eigenvalue weighted by Crippen LogP contribution is -1.96. The molecule has 3 nitrogen and oxygen atoms in total. The summed E-state index contributed by atoms with van der Waals surface area (Å²) in [7, 11) is 0. The molecule has 0 aliphatic carbocycles. The zero-order valence-corrected chi connectivity index (χ0v) is 7.22. The van der Waals surface area contributed by atoms with E-state index >= 15 is 0 Å². The van der Waals surface area contributed by atoms with Crippen LogP contribution in [0.3, 0.4) is 0 Å². The zero-order chi connectivity index (χ0) is 6.85. The van der Waals surface area contributed by atoms with Gasteiger partial charge in [-0.1, -0.05) is 23.2 Å². The highest BCUT2D eigenvalue weighted by Gasteiger charge is 2.05. The van der Waals surface area contributed by atoms with Gasteiger partial charge in [-0.05, 0) is 0 Å². The van der Waals surface area contributed by atoms with E-state index in [4.69, 9.17) is 28.9 Å². The Morgan fingerprint density at radius 1 is 1.50 bits per heavy atom. The van der Waals surface area contributed by atoms with Crippen LogP contribution in [-0.4, -0.2) is 10.2 Å². The Hall–Kier alpha value is 0.0400. The van der Waals surface area contributed by atoms with Gasteiger partial charge in [-0.15, -0.1) is 12.4 Å². The van der Waals surface area contributed by atoms with Crippen LogP contribution in [0.25, 0.3) is 0 Å². The van der Waals surface area contributed by atoms with Gasteiger partial charge < -0.3 is 5.73 Å². The van der Waals surface area contributed by atoms with Crippen LogP contribution in [0.15, 0.2) is 0 Å². The van der Waals surface area contributed by atoms with Gasteiger partial charge in [0.05, 0.1) is 5.69 Å². The third kappa shape index (κ3) is 1.76. The first-order chi connectivity index (χ1) is 4.25. The molecule has 1 aromatic rings. The van der Waals surface area contributed by atoms with E-state index in [2.05, 4.69) is 10.2 Å². The van der Waals surface area contributed by atoms with Crippen molar-refractivity contribution < 1.29 is 0 Å². The lowest BCUT2D eigenvalue weighted by molar-refractivity contribution is 0.947. The largest absolute Gasteiger partial charge is 0.325 e. The van der Waals surface area contributed by atoms with Crippen LogP contribution >= 0.6 is 35.6 Å². The maximum absolute atomic E-state index is 5.60. The fourth-order valence-corrected chi connectivity index (χ4v) is 0.792. The predicted molar refractivity (Wildman–Crippen MR) is 43.7 cm³/mol. The molecule has 0 amide bonds. The van der Waals surface area contributed by atoms with E-state index in [0.717, 1.165) is 0 Å². The monoisotopic (exact) mass is 201 g/mol. The Labute approximate surface area is 74.3 Å². The summed E-state index contributed by atoms with van der Waals surface area (Å²) in [6.07, 6.45) is 0. The van der Waals surface area contributed by atoms with Gasteiger partial charge in [-0.2, -0.15) is 5.10 Å². The van der Waals surface area contributed by atoms with Gasteiger partial charge in [0.25, 0.3) is 0 Å². The second-order valence-electron chi connectivity index (χ2n) is 1.51. The molecule has 0 bridgehead atoms. The summed E-state index contributed by atoms with van der Waals surface area (Å²) >= 11 is 11.1. The summed E-state index contributed by atoms with van der Waals surface area (Å²) in [6, 6.07) is 0. The van der Waals surface area contributed by atoms with Crippen LogP contribution in [0.5, 0.6) is 0 Å². The van der Waals surface area contributed by atoms with Gasteiger partial charge in [0.15, 0.2) is 5.15 Å². The third-order valence-corrected chi connectivity index (χ3v) is 1.72. The van der Waals surface area contributed by atoms with Crippen LogP contribution in [0.1, 0.15) is 5.69 Å². The molecular weight excluding hydrogens is 196 g/mol. The van der Waals surface area contributed by atoms with Crippen LogP contribution in [0.4, 0.5) is 0 Å². The van der Waals surface area contributed by atoms with Gasteiger partial charge >= 0.3 is 0 Å². The fraction of sp³-hybridized carbons (Fsp3) is 0.250. The van der Waals surface area contributed by atoms with E-state index in [0.29, 0.717) is 17.3 Å². The Bertz CT molecular complexity index is 210. The number of nitrogens with zero attached hydrogens (tertiary/aromatic N) is 1. The maximum atomic E-state index is 5.60. The van der Waals surface area contributed by atoms with E-state index < -0.39 is 0 Å². The highest BCUT2D eigenvalue weighted by molar-refractivity contribution is 6.41. The minimum absolute atomic E-state index is 0. The van der Waals surface area contributed by atoms with Crippen LogP contribution in [0, 0.1) is 0 Å².